The van der Waals surface area contributed by atoms with E-state index in [1.807, 2.05) is 0 Å². The molecule has 0 aromatic heterocycles. The third-order valence-corrected chi connectivity index (χ3v) is 0. The van der Waals surface area contributed by atoms with Gasteiger partial charge in [-0.15, -0.1) is 0 Å². The summed E-state index contributed by atoms with van der Waals surface area (Å²) in [7, 11) is -10.5. The third kappa shape index (κ3) is 254. The number of phosphoric acid groups is 2. The van der Waals surface area contributed by atoms with Crippen molar-refractivity contribution < 1.29 is 68.0 Å². The minimum atomic E-state index is -5.39. The van der Waals surface area contributed by atoms with Gasteiger partial charge < -0.3 is 38.5 Å². The minimum Gasteiger partial charge on any atom is -0.822 e. The SMILES string of the molecule is O=P([O-])([O-])O.O=P([O-])([O-])[O-].[Ca+2].[Mg+2].[Na+]. The molecule has 1 N–H and O–H groups in total. The van der Waals surface area contributed by atoms with Crippen LogP contribution in [0.5, 0.6) is 0 Å². The van der Waals surface area contributed by atoms with E-state index in [2.05, 4.69) is 0 Å². The van der Waals surface area contributed by atoms with Gasteiger partial charge in [-0.1, -0.05) is 0 Å². The summed E-state index contributed by atoms with van der Waals surface area (Å²) in [5, 5.41) is 0. The first-order valence-corrected chi connectivity index (χ1v) is 4.43. The molecular formula is HCaMgNaO8P2. The van der Waals surface area contributed by atoms with Gasteiger partial charge in [0.15, 0.2) is 0 Å². The molecule has 0 aliphatic carbocycles. The Morgan fingerprint density at radius 2 is 0.923 bits per heavy atom. The summed E-state index contributed by atoms with van der Waals surface area (Å²) < 4.78 is 17.2. The molecular weight excluding hydrogens is 277 g/mol. The molecule has 0 bridgehead atoms. The topological polar surface area (TPSA) is 170 Å². The molecule has 0 fully saturated rings. The predicted molar refractivity (Wildman–Crippen MR) is 28.9 cm³/mol. The van der Waals surface area contributed by atoms with Crippen molar-refractivity contribution in [2.24, 2.45) is 0 Å². The first kappa shape index (κ1) is 29.9. The second kappa shape index (κ2) is 13.3. The molecule has 0 aliphatic heterocycles. The van der Waals surface area contributed by atoms with Crippen LogP contribution in [0.3, 0.4) is 0 Å². The number of hydrogen-bond acceptors (Lipinski definition) is 7. The fourth-order valence-corrected chi connectivity index (χ4v) is 0. The molecule has 64 valence electrons. The van der Waals surface area contributed by atoms with E-state index in [0.29, 0.717) is 0 Å². The monoisotopic (exact) mass is 278 g/mol. The van der Waals surface area contributed by atoms with Crippen molar-refractivity contribution in [2.75, 3.05) is 0 Å². The van der Waals surface area contributed by atoms with Crippen LogP contribution in [0.1, 0.15) is 0 Å². The molecule has 0 heterocycles. The van der Waals surface area contributed by atoms with Gasteiger partial charge in [0.1, 0.15) is 0 Å². The minimum absolute atomic E-state index is 0. The Hall–Kier alpha value is 3.25. The third-order valence-electron chi connectivity index (χ3n) is 0. The normalized spacial score (nSPS) is 9.08. The van der Waals surface area contributed by atoms with Crippen LogP contribution in [0.4, 0.5) is 0 Å². The Labute approximate surface area is 142 Å². The molecule has 0 amide bonds. The summed E-state index contributed by atoms with van der Waals surface area (Å²) in [6, 6.07) is 0. The summed E-state index contributed by atoms with van der Waals surface area (Å²) in [6.07, 6.45) is 0. The van der Waals surface area contributed by atoms with Gasteiger partial charge in [-0.3, -0.25) is 0 Å². The molecule has 0 aromatic rings. The largest absolute Gasteiger partial charge is 2.00 e. The maximum Gasteiger partial charge on any atom is 2.00 e. The average molecular weight is 278 g/mol. The van der Waals surface area contributed by atoms with Gasteiger partial charge in [-0.05, 0) is 0 Å². The van der Waals surface area contributed by atoms with E-state index in [9.17, 15) is 0 Å². The van der Waals surface area contributed by atoms with Gasteiger partial charge >= 0.3 is 90.3 Å². The first-order chi connectivity index (χ1) is 4.00. The van der Waals surface area contributed by atoms with Crippen LogP contribution in [0.2, 0.25) is 0 Å². The van der Waals surface area contributed by atoms with Gasteiger partial charge in [0.25, 0.3) is 0 Å². The maximum atomic E-state index is 8.66. The predicted octanol–water partition coefficient (Wildman–Crippen LogP) is -8.77. The molecule has 0 unspecified atom stereocenters. The molecule has 13 heteroatoms. The van der Waals surface area contributed by atoms with E-state index in [0.717, 1.165) is 0 Å². The fourth-order valence-electron chi connectivity index (χ4n) is 0. The first-order valence-electron chi connectivity index (χ1n) is 1.48. The summed E-state index contributed by atoms with van der Waals surface area (Å²) in [6.45, 7) is 0. The van der Waals surface area contributed by atoms with Crippen LogP contribution < -0.4 is 54.0 Å². The number of hydrogen-bond donors (Lipinski definition) is 1. The van der Waals surface area contributed by atoms with Crippen LogP contribution in [-0.2, 0) is 9.13 Å². The van der Waals surface area contributed by atoms with Crippen LogP contribution in [-0.4, -0.2) is 65.7 Å². The van der Waals surface area contributed by atoms with Gasteiger partial charge in [0.05, 0.1) is 7.82 Å². The van der Waals surface area contributed by atoms with Gasteiger partial charge in [-0.2, -0.15) is 7.82 Å². The fraction of sp³-hybridized carbons (Fsp3) is 0. The summed E-state index contributed by atoms with van der Waals surface area (Å²) in [5.41, 5.74) is 0. The summed E-state index contributed by atoms with van der Waals surface area (Å²) in [4.78, 5) is 49.9. The molecule has 0 saturated heterocycles. The zero-order valence-electron chi connectivity index (χ0n) is 6.61. The van der Waals surface area contributed by atoms with Crippen molar-refractivity contribution >= 4 is 76.4 Å². The molecule has 0 spiro atoms. The molecule has 0 radical (unpaired) electrons. The van der Waals surface area contributed by atoms with Crippen LogP contribution in [0.25, 0.3) is 0 Å². The van der Waals surface area contributed by atoms with E-state index in [-0.39, 0.29) is 90.3 Å². The Kier molecular flexibility index (Phi) is 30.6. The molecule has 8 nitrogen and oxygen atoms in total. The van der Waals surface area contributed by atoms with E-state index >= 15 is 0 Å². The van der Waals surface area contributed by atoms with Crippen molar-refractivity contribution in [1.82, 2.24) is 0 Å². The molecule has 0 saturated carbocycles. The molecule has 0 atom stereocenters. The molecule has 13 heavy (non-hydrogen) atoms. The Bertz CT molecular complexity index is 134. The van der Waals surface area contributed by atoms with Crippen molar-refractivity contribution in [2.45, 2.75) is 0 Å². The van der Waals surface area contributed by atoms with Crippen molar-refractivity contribution in [1.29, 1.82) is 0 Å². The molecule has 0 rings (SSSR count). The standard InChI is InChI=1S/Ca.Mg.Na.2H3O4P/c;;;2*1-5(2,3)4/h;;;2*(H3,1,2,3,4)/q2*+2;+1;;/p-5. The number of rotatable bonds is 0. The Morgan fingerprint density at radius 1 is 0.923 bits per heavy atom. The molecule has 0 aromatic carbocycles. The maximum absolute atomic E-state index is 8.66. The van der Waals surface area contributed by atoms with Gasteiger partial charge in [0, 0.05) is 0 Å². The van der Waals surface area contributed by atoms with Gasteiger partial charge in [0.2, 0.25) is 0 Å². The second-order valence-electron chi connectivity index (χ2n) is 0.916. The summed E-state index contributed by atoms with van der Waals surface area (Å²) >= 11 is 0. The smallest absolute Gasteiger partial charge is 0.822 e. The van der Waals surface area contributed by atoms with Gasteiger partial charge in [-0.25, -0.2) is 0 Å². The molecule has 0 aliphatic rings. The van der Waals surface area contributed by atoms with Crippen LogP contribution in [0, 0.1) is 0 Å². The van der Waals surface area contributed by atoms with Crippen LogP contribution in [0.15, 0.2) is 0 Å². The van der Waals surface area contributed by atoms with Crippen molar-refractivity contribution in [3.05, 3.63) is 0 Å². The van der Waals surface area contributed by atoms with E-state index in [4.69, 9.17) is 38.5 Å². The average Bonchev–Trinajstić information content (AvgIpc) is 1.12. The van der Waals surface area contributed by atoms with E-state index in [1.54, 1.807) is 0 Å². The Morgan fingerprint density at radius 3 is 0.923 bits per heavy atom. The zero-order valence-corrected chi connectivity index (χ0v) is 14.0. The van der Waals surface area contributed by atoms with Crippen LogP contribution >= 0.6 is 15.6 Å². The van der Waals surface area contributed by atoms with Crippen molar-refractivity contribution in [3.63, 3.8) is 0 Å². The van der Waals surface area contributed by atoms with Crippen molar-refractivity contribution in [3.8, 4) is 0 Å². The van der Waals surface area contributed by atoms with E-state index < -0.39 is 15.6 Å². The quantitative estimate of drug-likeness (QED) is 0.336. The zero-order chi connectivity index (χ0) is 9.00. The van der Waals surface area contributed by atoms with E-state index in [1.165, 1.54) is 0 Å². The second-order valence-corrected chi connectivity index (χ2v) is 2.75. The summed E-state index contributed by atoms with van der Waals surface area (Å²) in [5.74, 6) is 0. The Balaban J connectivity index is -0.0000000267.